The summed E-state index contributed by atoms with van der Waals surface area (Å²) < 4.78 is 40.8. The normalized spacial score (nSPS) is 13.3. The van der Waals surface area contributed by atoms with Crippen molar-refractivity contribution in [2.45, 2.75) is 12.4 Å². The molecule has 1 atom stereocenters. The van der Waals surface area contributed by atoms with Crippen LogP contribution >= 0.6 is 11.3 Å². The summed E-state index contributed by atoms with van der Waals surface area (Å²) in [5.41, 5.74) is 7.02. The number of thiophene rings is 1. The van der Waals surface area contributed by atoms with Crippen LogP contribution in [0.2, 0.25) is 0 Å². The predicted molar refractivity (Wildman–Crippen MR) is 63.5 cm³/mol. The van der Waals surface area contributed by atoms with E-state index in [-0.39, 0.29) is 5.75 Å². The number of alkyl halides is 3. The van der Waals surface area contributed by atoms with Gasteiger partial charge in [0.15, 0.2) is 0 Å². The molecule has 1 aromatic heterocycles. The zero-order valence-electron chi connectivity index (χ0n) is 9.15. The Bertz CT molecular complexity index is 510. The quantitative estimate of drug-likeness (QED) is 0.925. The summed E-state index contributed by atoms with van der Waals surface area (Å²) in [5, 5.41) is 3.62. The van der Waals surface area contributed by atoms with Crippen molar-refractivity contribution in [3.8, 4) is 5.75 Å². The van der Waals surface area contributed by atoms with Gasteiger partial charge < -0.3 is 10.5 Å². The van der Waals surface area contributed by atoms with Gasteiger partial charge in [-0.3, -0.25) is 0 Å². The zero-order valence-corrected chi connectivity index (χ0v) is 9.96. The molecule has 96 valence electrons. The third kappa shape index (κ3) is 3.02. The smallest absolute Gasteiger partial charge is 0.405 e. The second kappa shape index (κ2) is 4.99. The molecule has 18 heavy (non-hydrogen) atoms. The molecule has 2 nitrogen and oxygen atoms in total. The fourth-order valence-electron chi connectivity index (χ4n) is 1.59. The van der Waals surface area contributed by atoms with E-state index >= 15 is 0 Å². The minimum atomic E-state index is -4.72. The van der Waals surface area contributed by atoms with Crippen molar-refractivity contribution >= 4 is 11.3 Å². The molecule has 0 aliphatic rings. The van der Waals surface area contributed by atoms with Crippen LogP contribution in [0.4, 0.5) is 13.2 Å². The topological polar surface area (TPSA) is 35.2 Å². The van der Waals surface area contributed by atoms with Crippen molar-refractivity contribution in [3.05, 3.63) is 52.2 Å². The summed E-state index contributed by atoms with van der Waals surface area (Å²) in [4.78, 5) is 0. The molecule has 1 heterocycles. The molecule has 2 N–H and O–H groups in total. The molecule has 0 bridgehead atoms. The van der Waals surface area contributed by atoms with Gasteiger partial charge in [-0.05, 0) is 28.5 Å². The van der Waals surface area contributed by atoms with Gasteiger partial charge in [-0.25, -0.2) is 0 Å². The minimum absolute atomic E-state index is 0.260. The third-order valence-corrected chi connectivity index (χ3v) is 3.08. The van der Waals surface area contributed by atoms with Gasteiger partial charge in [-0.1, -0.05) is 18.2 Å². The Morgan fingerprint density at radius 2 is 1.89 bits per heavy atom. The van der Waals surface area contributed by atoms with E-state index in [9.17, 15) is 13.2 Å². The van der Waals surface area contributed by atoms with E-state index in [4.69, 9.17) is 5.73 Å². The van der Waals surface area contributed by atoms with E-state index in [1.807, 2.05) is 5.38 Å². The molecule has 0 fully saturated rings. The zero-order chi connectivity index (χ0) is 13.2. The summed E-state index contributed by atoms with van der Waals surface area (Å²) in [6.07, 6.45) is -4.72. The lowest BCUT2D eigenvalue weighted by Crippen LogP contribution is -2.20. The Labute approximate surface area is 106 Å². The Hall–Kier alpha value is -1.53. The summed E-state index contributed by atoms with van der Waals surface area (Å²) in [7, 11) is 0. The maximum absolute atomic E-state index is 12.3. The summed E-state index contributed by atoms with van der Waals surface area (Å²) in [6.45, 7) is 0. The Kier molecular flexibility index (Phi) is 3.58. The maximum Gasteiger partial charge on any atom is 0.573 e. The molecule has 1 aromatic carbocycles. The summed E-state index contributed by atoms with van der Waals surface area (Å²) >= 11 is 1.44. The monoisotopic (exact) mass is 273 g/mol. The average molecular weight is 273 g/mol. The Morgan fingerprint density at radius 3 is 2.50 bits per heavy atom. The highest BCUT2D eigenvalue weighted by atomic mass is 32.1. The first kappa shape index (κ1) is 12.9. The number of nitrogens with two attached hydrogens (primary N) is 1. The van der Waals surface area contributed by atoms with Crippen LogP contribution in [0.1, 0.15) is 17.2 Å². The highest BCUT2D eigenvalue weighted by molar-refractivity contribution is 7.08. The second-order valence-electron chi connectivity index (χ2n) is 3.62. The van der Waals surface area contributed by atoms with Gasteiger partial charge in [0.2, 0.25) is 0 Å². The molecule has 2 aromatic rings. The lowest BCUT2D eigenvalue weighted by atomic mass is 10.0. The molecular weight excluding hydrogens is 263 g/mol. The number of hydrogen-bond donors (Lipinski definition) is 1. The highest BCUT2D eigenvalue weighted by Crippen LogP contribution is 2.32. The number of halogens is 3. The van der Waals surface area contributed by atoms with Crippen LogP contribution in [0, 0.1) is 0 Å². The number of para-hydroxylation sites is 1. The summed E-state index contributed by atoms with van der Waals surface area (Å²) in [5.74, 6) is -0.260. The van der Waals surface area contributed by atoms with E-state index in [0.717, 1.165) is 5.56 Å². The lowest BCUT2D eigenvalue weighted by molar-refractivity contribution is -0.274. The largest absolute Gasteiger partial charge is 0.573 e. The first-order chi connectivity index (χ1) is 8.47. The number of hydrogen-bond acceptors (Lipinski definition) is 3. The van der Waals surface area contributed by atoms with Crippen LogP contribution in [0.3, 0.4) is 0 Å². The fourth-order valence-corrected chi connectivity index (χ4v) is 2.28. The van der Waals surface area contributed by atoms with Crippen LogP contribution in [-0.4, -0.2) is 6.36 Å². The second-order valence-corrected chi connectivity index (χ2v) is 4.40. The van der Waals surface area contributed by atoms with Crippen LogP contribution < -0.4 is 10.5 Å². The van der Waals surface area contributed by atoms with Crippen LogP contribution in [-0.2, 0) is 0 Å². The fraction of sp³-hybridized carbons (Fsp3) is 0.167. The molecule has 0 radical (unpaired) electrons. The maximum atomic E-state index is 12.3. The SMILES string of the molecule is N[C@@H](c1ccsc1)c1ccccc1OC(F)(F)F. The van der Waals surface area contributed by atoms with Crippen molar-refractivity contribution in [2.75, 3.05) is 0 Å². The van der Waals surface area contributed by atoms with E-state index in [2.05, 4.69) is 4.74 Å². The molecule has 0 aliphatic heterocycles. The molecule has 0 saturated heterocycles. The highest BCUT2D eigenvalue weighted by Gasteiger charge is 2.32. The van der Waals surface area contributed by atoms with Gasteiger partial charge in [0, 0.05) is 5.56 Å². The average Bonchev–Trinajstić information content (AvgIpc) is 2.80. The van der Waals surface area contributed by atoms with Crippen LogP contribution in [0.15, 0.2) is 41.1 Å². The third-order valence-electron chi connectivity index (χ3n) is 2.38. The predicted octanol–water partition coefficient (Wildman–Crippen LogP) is 3.69. The van der Waals surface area contributed by atoms with Crippen LogP contribution in [0.25, 0.3) is 0 Å². The number of ether oxygens (including phenoxy) is 1. The molecule has 0 spiro atoms. The minimum Gasteiger partial charge on any atom is -0.405 e. The van der Waals surface area contributed by atoms with Gasteiger partial charge in [-0.2, -0.15) is 11.3 Å². The molecule has 2 rings (SSSR count). The van der Waals surface area contributed by atoms with Crippen molar-refractivity contribution in [1.29, 1.82) is 0 Å². The summed E-state index contributed by atoms with van der Waals surface area (Å²) in [6, 6.07) is 7.04. The number of benzene rings is 1. The first-order valence-corrected chi connectivity index (χ1v) is 6.04. The van der Waals surface area contributed by atoms with Crippen LogP contribution in [0.5, 0.6) is 5.75 Å². The van der Waals surface area contributed by atoms with Gasteiger partial charge in [0.25, 0.3) is 0 Å². The van der Waals surface area contributed by atoms with Crippen molar-refractivity contribution in [3.63, 3.8) is 0 Å². The molecular formula is C12H10F3NOS. The molecule has 0 amide bonds. The standard InChI is InChI=1S/C12H10F3NOS/c13-12(14,15)17-10-4-2-1-3-9(10)11(16)8-5-6-18-7-8/h1-7,11H,16H2/t11-/m0/s1. The van der Waals surface area contributed by atoms with E-state index in [0.29, 0.717) is 5.56 Å². The molecule has 0 aliphatic carbocycles. The van der Waals surface area contributed by atoms with E-state index < -0.39 is 12.4 Å². The lowest BCUT2D eigenvalue weighted by Gasteiger charge is -2.17. The van der Waals surface area contributed by atoms with Crippen molar-refractivity contribution in [1.82, 2.24) is 0 Å². The van der Waals surface area contributed by atoms with Gasteiger partial charge in [0.1, 0.15) is 5.75 Å². The Morgan fingerprint density at radius 1 is 1.17 bits per heavy atom. The molecule has 0 unspecified atom stereocenters. The Balaban J connectivity index is 2.33. The van der Waals surface area contributed by atoms with Gasteiger partial charge in [0.05, 0.1) is 6.04 Å². The van der Waals surface area contributed by atoms with Crippen molar-refractivity contribution < 1.29 is 17.9 Å². The van der Waals surface area contributed by atoms with Crippen molar-refractivity contribution in [2.24, 2.45) is 5.73 Å². The van der Waals surface area contributed by atoms with Gasteiger partial charge >= 0.3 is 6.36 Å². The van der Waals surface area contributed by atoms with Gasteiger partial charge in [-0.15, -0.1) is 13.2 Å². The number of rotatable bonds is 3. The molecule has 6 heteroatoms. The first-order valence-electron chi connectivity index (χ1n) is 5.10. The molecule has 0 saturated carbocycles. The van der Waals surface area contributed by atoms with E-state index in [1.54, 1.807) is 17.5 Å². The van der Waals surface area contributed by atoms with E-state index in [1.165, 1.54) is 29.5 Å².